The van der Waals surface area contributed by atoms with Gasteiger partial charge < -0.3 is 15.5 Å². The van der Waals surface area contributed by atoms with Crippen LogP contribution >= 0.6 is 0 Å². The maximum absolute atomic E-state index is 11.6. The molecular formula is C11H21N3O. The number of carbonyl (C=O) groups is 1. The van der Waals surface area contributed by atoms with E-state index in [9.17, 15) is 4.79 Å². The Labute approximate surface area is 91.4 Å². The standard InChI is InChI=1S/C11H21N3O/c12-8-11(15)14-7-3-4-10(14)9-13-5-1-2-6-13/h10H,1-9,12H2. The lowest BCUT2D eigenvalue weighted by atomic mass is 10.2. The molecule has 1 amide bonds. The molecule has 86 valence electrons. The summed E-state index contributed by atoms with van der Waals surface area (Å²) < 4.78 is 0. The van der Waals surface area contributed by atoms with Crippen molar-refractivity contribution in [2.75, 3.05) is 32.7 Å². The van der Waals surface area contributed by atoms with E-state index in [1.54, 1.807) is 0 Å². The number of rotatable bonds is 3. The van der Waals surface area contributed by atoms with E-state index in [0.717, 1.165) is 25.9 Å². The molecule has 0 bridgehead atoms. The third-order valence-electron chi connectivity index (χ3n) is 3.54. The Morgan fingerprint density at radius 2 is 1.93 bits per heavy atom. The molecule has 15 heavy (non-hydrogen) atoms. The second-order valence-electron chi connectivity index (χ2n) is 4.60. The van der Waals surface area contributed by atoms with E-state index in [-0.39, 0.29) is 12.5 Å². The zero-order valence-corrected chi connectivity index (χ0v) is 9.32. The van der Waals surface area contributed by atoms with Crippen molar-refractivity contribution in [1.82, 2.24) is 9.80 Å². The zero-order chi connectivity index (χ0) is 10.7. The SMILES string of the molecule is NCC(=O)N1CCCC1CN1CCCC1. The second-order valence-corrected chi connectivity index (χ2v) is 4.60. The van der Waals surface area contributed by atoms with Crippen molar-refractivity contribution < 1.29 is 4.79 Å². The summed E-state index contributed by atoms with van der Waals surface area (Å²) in [4.78, 5) is 16.0. The topological polar surface area (TPSA) is 49.6 Å². The minimum atomic E-state index is 0.122. The Hall–Kier alpha value is -0.610. The van der Waals surface area contributed by atoms with Crippen molar-refractivity contribution in [3.8, 4) is 0 Å². The van der Waals surface area contributed by atoms with Crippen LogP contribution in [-0.4, -0.2) is 54.5 Å². The maximum atomic E-state index is 11.6. The van der Waals surface area contributed by atoms with Crippen LogP contribution in [0.15, 0.2) is 0 Å². The number of hydrogen-bond acceptors (Lipinski definition) is 3. The van der Waals surface area contributed by atoms with Crippen molar-refractivity contribution in [1.29, 1.82) is 0 Å². The van der Waals surface area contributed by atoms with Gasteiger partial charge in [-0.25, -0.2) is 0 Å². The van der Waals surface area contributed by atoms with E-state index >= 15 is 0 Å². The molecule has 2 heterocycles. The molecule has 0 aliphatic carbocycles. The molecule has 4 nitrogen and oxygen atoms in total. The molecule has 4 heteroatoms. The lowest BCUT2D eigenvalue weighted by Crippen LogP contribution is -2.44. The average Bonchev–Trinajstić information content (AvgIpc) is 2.88. The molecule has 2 N–H and O–H groups in total. The minimum absolute atomic E-state index is 0.122. The van der Waals surface area contributed by atoms with E-state index in [1.807, 2.05) is 4.90 Å². The van der Waals surface area contributed by atoms with Crippen LogP contribution in [0.4, 0.5) is 0 Å². The predicted octanol–water partition coefficient (Wildman–Crippen LogP) is 0.0319. The van der Waals surface area contributed by atoms with Crippen LogP contribution in [0, 0.1) is 0 Å². The zero-order valence-electron chi connectivity index (χ0n) is 9.32. The number of carbonyl (C=O) groups excluding carboxylic acids is 1. The van der Waals surface area contributed by atoms with E-state index in [4.69, 9.17) is 5.73 Å². The summed E-state index contributed by atoms with van der Waals surface area (Å²) in [5, 5.41) is 0. The summed E-state index contributed by atoms with van der Waals surface area (Å²) >= 11 is 0. The quantitative estimate of drug-likeness (QED) is 0.716. The van der Waals surface area contributed by atoms with Gasteiger partial charge in [0.2, 0.25) is 5.91 Å². The number of nitrogens with two attached hydrogens (primary N) is 1. The molecular weight excluding hydrogens is 190 g/mol. The van der Waals surface area contributed by atoms with E-state index < -0.39 is 0 Å². The molecule has 2 saturated heterocycles. The second kappa shape index (κ2) is 4.94. The number of likely N-dealkylation sites (tertiary alicyclic amines) is 2. The van der Waals surface area contributed by atoms with Gasteiger partial charge in [0.1, 0.15) is 0 Å². The molecule has 2 aliphatic heterocycles. The number of hydrogen-bond donors (Lipinski definition) is 1. The lowest BCUT2D eigenvalue weighted by Gasteiger charge is -2.28. The Balaban J connectivity index is 1.86. The third-order valence-corrected chi connectivity index (χ3v) is 3.54. The first-order valence-electron chi connectivity index (χ1n) is 6.03. The maximum Gasteiger partial charge on any atom is 0.236 e. The fourth-order valence-corrected chi connectivity index (χ4v) is 2.73. The highest BCUT2D eigenvalue weighted by molar-refractivity contribution is 5.78. The van der Waals surface area contributed by atoms with Gasteiger partial charge in [0, 0.05) is 19.1 Å². The molecule has 0 saturated carbocycles. The summed E-state index contributed by atoms with van der Waals surface area (Å²) in [5.41, 5.74) is 5.42. The van der Waals surface area contributed by atoms with Crippen LogP contribution < -0.4 is 5.73 Å². The van der Waals surface area contributed by atoms with Gasteiger partial charge in [-0.15, -0.1) is 0 Å². The Morgan fingerprint density at radius 3 is 2.60 bits per heavy atom. The molecule has 2 rings (SSSR count). The van der Waals surface area contributed by atoms with Crippen LogP contribution in [0.25, 0.3) is 0 Å². The van der Waals surface area contributed by atoms with Crippen molar-refractivity contribution in [3.63, 3.8) is 0 Å². The number of amides is 1. The monoisotopic (exact) mass is 211 g/mol. The molecule has 0 radical (unpaired) electrons. The molecule has 0 aromatic heterocycles. The van der Waals surface area contributed by atoms with Crippen LogP contribution in [-0.2, 0) is 4.79 Å². The third kappa shape index (κ3) is 2.49. The fourth-order valence-electron chi connectivity index (χ4n) is 2.73. The molecule has 0 aromatic rings. The van der Waals surface area contributed by atoms with Crippen molar-refractivity contribution >= 4 is 5.91 Å². The first kappa shape index (κ1) is 10.9. The molecule has 0 aromatic carbocycles. The van der Waals surface area contributed by atoms with Gasteiger partial charge >= 0.3 is 0 Å². The first-order valence-corrected chi connectivity index (χ1v) is 6.03. The minimum Gasteiger partial charge on any atom is -0.337 e. The van der Waals surface area contributed by atoms with Gasteiger partial charge in [0.05, 0.1) is 6.54 Å². The van der Waals surface area contributed by atoms with Gasteiger partial charge in [-0.05, 0) is 38.8 Å². The van der Waals surface area contributed by atoms with Crippen LogP contribution in [0.5, 0.6) is 0 Å². The smallest absolute Gasteiger partial charge is 0.236 e. The van der Waals surface area contributed by atoms with Gasteiger partial charge in [-0.1, -0.05) is 0 Å². The molecule has 2 aliphatic rings. The molecule has 2 fully saturated rings. The van der Waals surface area contributed by atoms with Crippen LogP contribution in [0.2, 0.25) is 0 Å². The Morgan fingerprint density at radius 1 is 1.20 bits per heavy atom. The van der Waals surface area contributed by atoms with Crippen molar-refractivity contribution in [2.45, 2.75) is 31.7 Å². The molecule has 0 spiro atoms. The van der Waals surface area contributed by atoms with Gasteiger partial charge in [0.15, 0.2) is 0 Å². The van der Waals surface area contributed by atoms with E-state index in [2.05, 4.69) is 4.90 Å². The average molecular weight is 211 g/mol. The van der Waals surface area contributed by atoms with Gasteiger partial charge in [-0.2, -0.15) is 0 Å². The summed E-state index contributed by atoms with van der Waals surface area (Å²) in [6.45, 7) is 4.55. The van der Waals surface area contributed by atoms with E-state index in [0.29, 0.717) is 6.04 Å². The highest BCUT2D eigenvalue weighted by Crippen LogP contribution is 2.20. The summed E-state index contributed by atoms with van der Waals surface area (Å²) in [6.07, 6.45) is 4.93. The van der Waals surface area contributed by atoms with Crippen LogP contribution in [0.1, 0.15) is 25.7 Å². The van der Waals surface area contributed by atoms with Crippen LogP contribution in [0.3, 0.4) is 0 Å². The highest BCUT2D eigenvalue weighted by Gasteiger charge is 2.29. The normalized spacial score (nSPS) is 27.5. The summed E-state index contributed by atoms with van der Waals surface area (Å²) in [7, 11) is 0. The lowest BCUT2D eigenvalue weighted by molar-refractivity contribution is -0.130. The van der Waals surface area contributed by atoms with Crippen molar-refractivity contribution in [2.24, 2.45) is 5.73 Å². The number of nitrogens with zero attached hydrogens (tertiary/aromatic N) is 2. The highest BCUT2D eigenvalue weighted by atomic mass is 16.2. The van der Waals surface area contributed by atoms with E-state index in [1.165, 1.54) is 25.9 Å². The van der Waals surface area contributed by atoms with Gasteiger partial charge in [-0.3, -0.25) is 4.79 Å². The Kier molecular flexibility index (Phi) is 3.59. The van der Waals surface area contributed by atoms with Gasteiger partial charge in [0.25, 0.3) is 0 Å². The summed E-state index contributed by atoms with van der Waals surface area (Å²) in [5.74, 6) is 0.122. The largest absolute Gasteiger partial charge is 0.337 e. The van der Waals surface area contributed by atoms with Crippen molar-refractivity contribution in [3.05, 3.63) is 0 Å². The Bertz CT molecular complexity index is 226. The fraction of sp³-hybridized carbons (Fsp3) is 0.909. The summed E-state index contributed by atoms with van der Waals surface area (Å²) in [6, 6.07) is 0.430. The predicted molar refractivity (Wildman–Crippen MR) is 59.5 cm³/mol. The molecule has 1 unspecified atom stereocenters. The molecule has 1 atom stereocenters. The first-order chi connectivity index (χ1) is 7.31.